The zero-order chi connectivity index (χ0) is 11.2. The summed E-state index contributed by atoms with van der Waals surface area (Å²) in [6, 6.07) is 0.259. The summed E-state index contributed by atoms with van der Waals surface area (Å²) in [5.41, 5.74) is 1.16. The Labute approximate surface area is 80.3 Å². The number of hydrogen-bond acceptors (Lipinski definition) is 2. The highest BCUT2D eigenvalue weighted by Crippen LogP contribution is 2.34. The minimum absolute atomic E-state index is 0.114. The van der Waals surface area contributed by atoms with Gasteiger partial charge in [0.15, 0.2) is 11.5 Å². The number of halogens is 1. The second-order valence-electron chi connectivity index (χ2n) is 2.48. The van der Waals surface area contributed by atoms with Gasteiger partial charge in [-0.05, 0) is 30.1 Å². The number of fused-ring (bicyclic) bond motifs is 1. The van der Waals surface area contributed by atoms with E-state index in [-0.39, 0.29) is 29.5 Å². The van der Waals surface area contributed by atoms with Crippen LogP contribution in [0.15, 0.2) is 12.1 Å². The molecule has 0 bridgehead atoms. The van der Waals surface area contributed by atoms with E-state index in [9.17, 15) is 0 Å². The average Bonchev–Trinajstić information content (AvgIpc) is 2.58. The van der Waals surface area contributed by atoms with Crippen molar-refractivity contribution in [1.29, 1.82) is 0 Å². The Balaban J connectivity index is 2.68. The highest BCUT2D eigenvalue weighted by Gasteiger charge is 2.14. The molecule has 1 heterocycles. The lowest BCUT2D eigenvalue weighted by Gasteiger charge is -2.03. The Hall–Kier alpha value is -0.890. The van der Waals surface area contributed by atoms with Gasteiger partial charge in [-0.2, -0.15) is 0 Å². The molecule has 1 aliphatic rings. The van der Waals surface area contributed by atoms with E-state index in [2.05, 4.69) is 0 Å². The van der Waals surface area contributed by atoms with Gasteiger partial charge < -0.3 is 9.47 Å². The smallest absolute Gasteiger partial charge is 0.231 e. The lowest BCUT2D eigenvalue weighted by atomic mass is 10.1. The Morgan fingerprint density at radius 3 is 2.92 bits per heavy atom. The molecule has 0 aromatic heterocycles. The number of alkyl halides is 1. The first-order chi connectivity index (χ1) is 7.06. The van der Waals surface area contributed by atoms with Gasteiger partial charge in [-0.15, -0.1) is 11.6 Å². The Morgan fingerprint density at radius 1 is 1.58 bits per heavy atom. The highest BCUT2D eigenvalue weighted by atomic mass is 35.5. The molecular formula is C9H9ClO2. The average molecular weight is 188 g/mol. The summed E-state index contributed by atoms with van der Waals surface area (Å²) in [6.07, 6.45) is 0. The van der Waals surface area contributed by atoms with Crippen molar-refractivity contribution in [3.63, 3.8) is 0 Å². The van der Waals surface area contributed by atoms with Crippen LogP contribution in [0.5, 0.6) is 11.5 Å². The van der Waals surface area contributed by atoms with Gasteiger partial charge in [-0.1, -0.05) is 0 Å². The van der Waals surface area contributed by atoms with Crippen molar-refractivity contribution < 1.29 is 13.6 Å². The molecule has 1 aromatic rings. The first kappa shape index (κ1) is 4.97. The van der Waals surface area contributed by atoms with Gasteiger partial charge in [0.2, 0.25) is 6.77 Å². The van der Waals surface area contributed by atoms with Gasteiger partial charge in [0.25, 0.3) is 0 Å². The Morgan fingerprint density at radius 2 is 2.25 bits per heavy atom. The van der Waals surface area contributed by atoms with E-state index >= 15 is 0 Å². The molecule has 0 N–H and O–H groups in total. The molecule has 0 fully saturated rings. The topological polar surface area (TPSA) is 18.5 Å². The van der Waals surface area contributed by atoms with Crippen LogP contribution in [0.4, 0.5) is 0 Å². The number of benzene rings is 1. The van der Waals surface area contributed by atoms with E-state index in [1.807, 2.05) is 0 Å². The summed E-state index contributed by atoms with van der Waals surface area (Å²) < 4.78 is 32.8. The SMILES string of the molecule is [2H]c1c(C)c(CCl)c([2H])c2c1OC([2H])O2. The van der Waals surface area contributed by atoms with Crippen molar-refractivity contribution in [3.05, 3.63) is 23.2 Å². The third-order valence-electron chi connectivity index (χ3n) is 1.69. The van der Waals surface area contributed by atoms with Gasteiger partial charge in [0, 0.05) is 5.88 Å². The summed E-state index contributed by atoms with van der Waals surface area (Å²) >= 11 is 5.70. The summed E-state index contributed by atoms with van der Waals surface area (Å²) in [7, 11) is 0. The molecule has 3 heteroatoms. The van der Waals surface area contributed by atoms with Crippen molar-refractivity contribution in [2.45, 2.75) is 12.8 Å². The largest absolute Gasteiger partial charge is 0.454 e. The predicted molar refractivity (Wildman–Crippen MR) is 46.9 cm³/mol. The fourth-order valence-corrected chi connectivity index (χ4v) is 1.28. The molecule has 2 nitrogen and oxygen atoms in total. The zero-order valence-corrected chi connectivity index (χ0v) is 7.23. The summed E-state index contributed by atoms with van der Waals surface area (Å²) in [4.78, 5) is 0. The van der Waals surface area contributed by atoms with Crippen LogP contribution in [0.2, 0.25) is 0 Å². The summed E-state index contributed by atoms with van der Waals surface area (Å²) in [5.74, 6) is 0.475. The molecule has 1 atom stereocenters. The Bertz CT molecular complexity index is 423. The summed E-state index contributed by atoms with van der Waals surface area (Å²) in [5, 5.41) is 0. The van der Waals surface area contributed by atoms with Crippen LogP contribution in [-0.4, -0.2) is 6.77 Å². The third kappa shape index (κ3) is 1.12. The number of hydrogen-bond donors (Lipinski definition) is 0. The van der Waals surface area contributed by atoms with Gasteiger partial charge in [0.1, 0.15) is 1.37 Å². The summed E-state index contributed by atoms with van der Waals surface area (Å²) in [6.45, 7) is 0.525. The van der Waals surface area contributed by atoms with E-state index in [1.165, 1.54) is 0 Å². The standard InChI is InChI=1S/C9H9ClO2/c1-6-2-8-9(12-5-11-8)3-7(6)4-10/h2-3H,4-5H2,1H3/i2D,3D,5D. The molecule has 64 valence electrons. The quantitative estimate of drug-likeness (QED) is 0.629. The molecular weight excluding hydrogens is 176 g/mol. The second kappa shape index (κ2) is 2.87. The molecule has 1 aromatic carbocycles. The van der Waals surface area contributed by atoms with Crippen molar-refractivity contribution in [1.82, 2.24) is 0 Å². The lowest BCUT2D eigenvalue weighted by molar-refractivity contribution is 0.174. The van der Waals surface area contributed by atoms with Gasteiger partial charge in [-0.3, -0.25) is 0 Å². The van der Waals surface area contributed by atoms with E-state index in [1.54, 1.807) is 6.92 Å². The maximum atomic E-state index is 7.80. The van der Waals surface area contributed by atoms with Crippen LogP contribution in [0.1, 0.15) is 15.2 Å². The van der Waals surface area contributed by atoms with Gasteiger partial charge in [0.05, 0.1) is 2.74 Å². The predicted octanol–water partition coefficient (Wildman–Crippen LogP) is 2.46. The van der Waals surface area contributed by atoms with Crippen LogP contribution in [-0.2, 0) is 5.88 Å². The van der Waals surface area contributed by atoms with Crippen LogP contribution in [0, 0.1) is 6.92 Å². The molecule has 0 aliphatic carbocycles. The third-order valence-corrected chi connectivity index (χ3v) is 1.96. The molecule has 0 saturated heterocycles. The second-order valence-corrected chi connectivity index (χ2v) is 2.74. The van der Waals surface area contributed by atoms with Gasteiger partial charge in [-0.25, -0.2) is 0 Å². The maximum Gasteiger partial charge on any atom is 0.231 e. The van der Waals surface area contributed by atoms with Crippen molar-refractivity contribution in [2.75, 3.05) is 6.77 Å². The minimum atomic E-state index is -1.18. The van der Waals surface area contributed by atoms with E-state index in [0.717, 1.165) is 0 Å². The normalized spacial score (nSPS) is 23.2. The molecule has 0 saturated carbocycles. The van der Waals surface area contributed by atoms with Crippen molar-refractivity contribution in [3.8, 4) is 11.5 Å². The van der Waals surface area contributed by atoms with E-state index in [4.69, 9.17) is 25.2 Å². The molecule has 2 rings (SSSR count). The first-order valence-electron chi connectivity index (χ1n) is 5.08. The highest BCUT2D eigenvalue weighted by molar-refractivity contribution is 6.17. The molecule has 1 unspecified atom stereocenters. The van der Waals surface area contributed by atoms with Gasteiger partial charge >= 0.3 is 0 Å². The molecule has 12 heavy (non-hydrogen) atoms. The molecule has 1 aliphatic heterocycles. The van der Waals surface area contributed by atoms with Crippen LogP contribution in [0.3, 0.4) is 0 Å². The number of rotatable bonds is 1. The monoisotopic (exact) mass is 187 g/mol. The zero-order valence-electron chi connectivity index (χ0n) is 9.48. The molecule has 0 radical (unpaired) electrons. The maximum absolute atomic E-state index is 7.80. The fraction of sp³-hybridized carbons (Fsp3) is 0.333. The first-order valence-corrected chi connectivity index (χ1v) is 4.03. The van der Waals surface area contributed by atoms with Crippen molar-refractivity contribution in [2.24, 2.45) is 0 Å². The molecule has 0 amide bonds. The van der Waals surface area contributed by atoms with Crippen LogP contribution >= 0.6 is 11.6 Å². The van der Waals surface area contributed by atoms with E-state index in [0.29, 0.717) is 11.1 Å². The Kier molecular flexibility index (Phi) is 1.19. The fourth-order valence-electron chi connectivity index (χ4n) is 1.01. The minimum Gasteiger partial charge on any atom is -0.454 e. The van der Waals surface area contributed by atoms with Crippen LogP contribution < -0.4 is 9.47 Å². The lowest BCUT2D eigenvalue weighted by Crippen LogP contribution is -1.92. The van der Waals surface area contributed by atoms with Crippen molar-refractivity contribution >= 4 is 11.6 Å². The van der Waals surface area contributed by atoms with Crippen LogP contribution in [0.25, 0.3) is 0 Å². The molecule has 0 spiro atoms. The van der Waals surface area contributed by atoms with E-state index < -0.39 is 6.77 Å². The number of ether oxygens (including phenoxy) is 2.